The summed E-state index contributed by atoms with van der Waals surface area (Å²) in [5.74, 6) is 0. The topological polar surface area (TPSA) is 32.5 Å². The monoisotopic (exact) mass is 156 g/mol. The number of hydrogen-bond donors (Lipinski definition) is 1. The van der Waals surface area contributed by atoms with Crippen LogP contribution in [0.2, 0.25) is 0 Å². The van der Waals surface area contributed by atoms with E-state index in [1.807, 2.05) is 0 Å². The van der Waals surface area contributed by atoms with E-state index in [0.717, 1.165) is 6.54 Å². The molecule has 11 heavy (non-hydrogen) atoms. The van der Waals surface area contributed by atoms with Gasteiger partial charge in [-0.25, -0.2) is 0 Å². The van der Waals surface area contributed by atoms with Gasteiger partial charge in [-0.15, -0.1) is 0 Å². The molecule has 0 aliphatic carbocycles. The third-order valence-electron chi connectivity index (χ3n) is 2.15. The molecule has 1 fully saturated rings. The maximum atomic E-state index is 5.38. The predicted molar refractivity (Wildman–Crippen MR) is 47.3 cm³/mol. The molecule has 65 valence electrons. The largest absolute Gasteiger partial charge is 0.330 e. The molecule has 3 nitrogen and oxygen atoms in total. The summed E-state index contributed by atoms with van der Waals surface area (Å²) in [6.45, 7) is 6.52. The molecule has 1 rings (SSSR count). The van der Waals surface area contributed by atoms with Crippen LogP contribution < -0.4 is 5.73 Å². The SMILES string of the molecule is CN1CCN(C[CH]CN)CC1. The Labute approximate surface area is 69.1 Å². The van der Waals surface area contributed by atoms with E-state index in [-0.39, 0.29) is 0 Å². The fraction of sp³-hybridized carbons (Fsp3) is 0.875. The molecule has 0 bridgehead atoms. The molecule has 0 amide bonds. The Balaban J connectivity index is 2.07. The van der Waals surface area contributed by atoms with Crippen LogP contribution in [0.4, 0.5) is 0 Å². The zero-order chi connectivity index (χ0) is 8.10. The smallest absolute Gasteiger partial charge is 0.0110 e. The van der Waals surface area contributed by atoms with Crippen LogP contribution in [-0.4, -0.2) is 56.1 Å². The Morgan fingerprint density at radius 2 is 1.91 bits per heavy atom. The molecule has 1 saturated heterocycles. The second kappa shape index (κ2) is 4.70. The van der Waals surface area contributed by atoms with Crippen LogP contribution in [0.3, 0.4) is 0 Å². The van der Waals surface area contributed by atoms with E-state index < -0.39 is 0 Å². The highest BCUT2D eigenvalue weighted by atomic mass is 15.2. The van der Waals surface area contributed by atoms with Gasteiger partial charge in [0.15, 0.2) is 0 Å². The third kappa shape index (κ3) is 3.18. The fourth-order valence-electron chi connectivity index (χ4n) is 1.29. The van der Waals surface area contributed by atoms with E-state index >= 15 is 0 Å². The van der Waals surface area contributed by atoms with Crippen molar-refractivity contribution in [3.05, 3.63) is 6.42 Å². The van der Waals surface area contributed by atoms with Crippen molar-refractivity contribution in [1.29, 1.82) is 0 Å². The summed E-state index contributed by atoms with van der Waals surface area (Å²) in [4.78, 5) is 4.80. The molecule has 1 aliphatic heterocycles. The molecule has 0 aromatic rings. The van der Waals surface area contributed by atoms with Gasteiger partial charge in [-0.3, -0.25) is 0 Å². The predicted octanol–water partition coefficient (Wildman–Crippen LogP) is -0.603. The van der Waals surface area contributed by atoms with Crippen LogP contribution in [0.1, 0.15) is 0 Å². The molecule has 1 heterocycles. The van der Waals surface area contributed by atoms with Gasteiger partial charge >= 0.3 is 0 Å². The van der Waals surface area contributed by atoms with Gasteiger partial charge in [-0.1, -0.05) is 0 Å². The fourth-order valence-corrected chi connectivity index (χ4v) is 1.29. The normalized spacial score (nSPS) is 22.4. The van der Waals surface area contributed by atoms with Crippen molar-refractivity contribution in [2.45, 2.75) is 0 Å². The Morgan fingerprint density at radius 3 is 2.45 bits per heavy atom. The maximum Gasteiger partial charge on any atom is 0.0110 e. The molecule has 0 saturated carbocycles. The highest BCUT2D eigenvalue weighted by Crippen LogP contribution is 1.98. The van der Waals surface area contributed by atoms with E-state index in [0.29, 0.717) is 6.54 Å². The summed E-state index contributed by atoms with van der Waals surface area (Å²) in [5.41, 5.74) is 5.38. The molecule has 1 aliphatic rings. The van der Waals surface area contributed by atoms with Crippen LogP contribution in [0.25, 0.3) is 0 Å². The maximum absolute atomic E-state index is 5.38. The number of rotatable bonds is 3. The van der Waals surface area contributed by atoms with Crippen molar-refractivity contribution in [3.8, 4) is 0 Å². The summed E-state index contributed by atoms with van der Waals surface area (Å²) in [6.07, 6.45) is 2.13. The molecule has 0 aromatic carbocycles. The second-order valence-electron chi connectivity index (χ2n) is 3.13. The minimum atomic E-state index is 0.701. The Hall–Kier alpha value is -0.120. The second-order valence-corrected chi connectivity index (χ2v) is 3.13. The molecule has 2 N–H and O–H groups in total. The van der Waals surface area contributed by atoms with E-state index in [2.05, 4.69) is 23.3 Å². The van der Waals surface area contributed by atoms with Crippen LogP contribution in [0.15, 0.2) is 0 Å². The zero-order valence-electron chi connectivity index (χ0n) is 7.29. The molecule has 3 heteroatoms. The highest BCUT2D eigenvalue weighted by Gasteiger charge is 2.12. The average molecular weight is 156 g/mol. The van der Waals surface area contributed by atoms with Crippen LogP contribution in [-0.2, 0) is 0 Å². The highest BCUT2D eigenvalue weighted by molar-refractivity contribution is 4.76. The molecule has 0 aromatic heterocycles. The van der Waals surface area contributed by atoms with Crippen LogP contribution >= 0.6 is 0 Å². The van der Waals surface area contributed by atoms with Crippen molar-refractivity contribution in [1.82, 2.24) is 9.80 Å². The summed E-state index contributed by atoms with van der Waals surface area (Å²) in [6, 6.07) is 0. The van der Waals surface area contributed by atoms with Crippen molar-refractivity contribution < 1.29 is 0 Å². The Kier molecular flexibility index (Phi) is 3.83. The first kappa shape index (κ1) is 8.97. The van der Waals surface area contributed by atoms with Gasteiger partial charge in [0.2, 0.25) is 0 Å². The first-order valence-electron chi connectivity index (χ1n) is 4.25. The molecule has 0 spiro atoms. The first-order chi connectivity index (χ1) is 5.33. The lowest BCUT2D eigenvalue weighted by Crippen LogP contribution is -2.45. The van der Waals surface area contributed by atoms with E-state index in [1.54, 1.807) is 0 Å². The summed E-state index contributed by atoms with van der Waals surface area (Å²) in [5, 5.41) is 0. The molecule has 0 atom stereocenters. The zero-order valence-corrected chi connectivity index (χ0v) is 7.29. The average Bonchev–Trinajstić information content (AvgIpc) is 2.04. The molecule has 0 unspecified atom stereocenters. The first-order valence-corrected chi connectivity index (χ1v) is 4.25. The van der Waals surface area contributed by atoms with E-state index in [4.69, 9.17) is 5.73 Å². The van der Waals surface area contributed by atoms with E-state index in [1.165, 1.54) is 26.2 Å². The van der Waals surface area contributed by atoms with E-state index in [9.17, 15) is 0 Å². The van der Waals surface area contributed by atoms with Gasteiger partial charge in [-0.05, 0) is 20.0 Å². The van der Waals surface area contributed by atoms with Crippen LogP contribution in [0.5, 0.6) is 0 Å². The molecular weight excluding hydrogens is 138 g/mol. The van der Waals surface area contributed by atoms with Gasteiger partial charge in [0.05, 0.1) is 0 Å². The van der Waals surface area contributed by atoms with Gasteiger partial charge < -0.3 is 15.5 Å². The number of likely N-dealkylation sites (N-methyl/N-ethyl adjacent to an activating group) is 1. The minimum Gasteiger partial charge on any atom is -0.330 e. The number of hydrogen-bond acceptors (Lipinski definition) is 3. The molecular formula is C8H18N3. The summed E-state index contributed by atoms with van der Waals surface area (Å²) >= 11 is 0. The Bertz CT molecular complexity index is 94.8. The summed E-state index contributed by atoms with van der Waals surface area (Å²) < 4.78 is 0. The van der Waals surface area contributed by atoms with Crippen LogP contribution in [0, 0.1) is 6.42 Å². The lowest BCUT2D eigenvalue weighted by atomic mass is 10.3. The number of nitrogens with two attached hydrogens (primary N) is 1. The van der Waals surface area contributed by atoms with Crippen molar-refractivity contribution in [3.63, 3.8) is 0 Å². The third-order valence-corrected chi connectivity index (χ3v) is 2.15. The quantitative estimate of drug-likeness (QED) is 0.592. The lowest BCUT2D eigenvalue weighted by molar-refractivity contribution is 0.163. The van der Waals surface area contributed by atoms with Gasteiger partial charge in [0.1, 0.15) is 0 Å². The lowest BCUT2D eigenvalue weighted by Gasteiger charge is -2.32. The van der Waals surface area contributed by atoms with Gasteiger partial charge in [0.25, 0.3) is 0 Å². The van der Waals surface area contributed by atoms with Gasteiger partial charge in [-0.2, -0.15) is 0 Å². The number of nitrogens with zero attached hydrogens (tertiary/aromatic N) is 2. The van der Waals surface area contributed by atoms with Crippen molar-refractivity contribution in [2.24, 2.45) is 5.73 Å². The molecule has 1 radical (unpaired) electrons. The minimum absolute atomic E-state index is 0.701. The number of piperazine rings is 1. The Morgan fingerprint density at radius 1 is 1.27 bits per heavy atom. The summed E-state index contributed by atoms with van der Waals surface area (Å²) in [7, 11) is 2.17. The van der Waals surface area contributed by atoms with Gasteiger partial charge in [0, 0.05) is 32.7 Å². The van der Waals surface area contributed by atoms with Crippen molar-refractivity contribution in [2.75, 3.05) is 46.3 Å². The van der Waals surface area contributed by atoms with Crippen molar-refractivity contribution >= 4 is 0 Å². The standard InChI is InChI=1S/C8H18N3/c1-10-5-7-11(8-6-10)4-2-3-9/h2H,3-9H2,1H3.